The average molecular weight is 712 g/mol. The molecule has 1 aliphatic heterocycles. The zero-order valence-corrected chi connectivity index (χ0v) is 31.7. The maximum absolute atomic E-state index is 12.1. The summed E-state index contributed by atoms with van der Waals surface area (Å²) in [6.07, 6.45) is -4.75. The van der Waals surface area contributed by atoms with Crippen molar-refractivity contribution in [2.75, 3.05) is 0 Å². The Bertz CT molecular complexity index is 1310. The number of carboxylic acid groups (broad SMARTS) is 1. The second-order valence-corrected chi connectivity index (χ2v) is 17.1. The molecule has 270 valence electrons. The topological polar surface area (TPSA) is 226 Å². The molecule has 4 fully saturated rings. The van der Waals surface area contributed by atoms with Gasteiger partial charge in [-0.05, 0) is 86.4 Å². The number of ether oxygens (including phenoxy) is 2. The summed E-state index contributed by atoms with van der Waals surface area (Å²) in [7, 11) is -5.12. The standard InChI is InChI=1S/C33H54O13S.Na/c1-16(2)7-6-10-33(5,40)28-22(34)15-20-18-14-23(46-47(41,42)43)21-13-17(8-11-31(21,3)19(18)9-12-32(20,28)4)44-30-26(37)24(35)25(36)27(45-30)29(38)39;/h9,16-18,20-28,30,34-37,40H,6-8,10-15H2,1-5H3,(H,38,39)(H,41,42,43);/q;+1/p-2/t17-,18?,20?,21?,22-,23?,24?,25?,26?,27?,28-,30?,31+,32-,33?;/m0./s1. The molecule has 0 aromatic carbocycles. The van der Waals surface area contributed by atoms with Gasteiger partial charge in [0.05, 0.1) is 29.9 Å². The van der Waals surface area contributed by atoms with Gasteiger partial charge in [0.2, 0.25) is 10.4 Å². The van der Waals surface area contributed by atoms with Crippen LogP contribution in [-0.2, 0) is 28.9 Å². The molecule has 10 unspecified atom stereocenters. The Hall–Kier alpha value is -0.200. The van der Waals surface area contributed by atoms with Crippen molar-refractivity contribution in [1.29, 1.82) is 0 Å². The number of aliphatic hydroxyl groups is 5. The summed E-state index contributed by atoms with van der Waals surface area (Å²) < 4.78 is 52.7. The Kier molecular flexibility index (Phi) is 12.4. The van der Waals surface area contributed by atoms with Crippen molar-refractivity contribution < 1.29 is 91.6 Å². The van der Waals surface area contributed by atoms with Gasteiger partial charge >= 0.3 is 29.6 Å². The third-order valence-corrected chi connectivity index (χ3v) is 13.0. The van der Waals surface area contributed by atoms with Crippen LogP contribution in [-0.4, -0.2) is 99.1 Å². The summed E-state index contributed by atoms with van der Waals surface area (Å²) in [5, 5.41) is 65.5. The molecule has 1 heterocycles. The minimum Gasteiger partial charge on any atom is -0.726 e. The Morgan fingerprint density at radius 2 is 1.77 bits per heavy atom. The van der Waals surface area contributed by atoms with Crippen LogP contribution in [0.4, 0.5) is 0 Å². The number of rotatable bonds is 10. The van der Waals surface area contributed by atoms with Crippen LogP contribution in [0.2, 0.25) is 0 Å². The predicted molar refractivity (Wildman–Crippen MR) is 162 cm³/mol. The molecule has 3 saturated carbocycles. The fourth-order valence-corrected chi connectivity index (χ4v) is 10.9. The van der Waals surface area contributed by atoms with E-state index in [2.05, 4.69) is 26.8 Å². The number of carbonyl (C=O) groups excluding carboxylic acids is 1. The van der Waals surface area contributed by atoms with Crippen LogP contribution in [0.1, 0.15) is 92.4 Å². The molecule has 5 rings (SSSR count). The molecule has 1 saturated heterocycles. The van der Waals surface area contributed by atoms with Crippen molar-refractivity contribution >= 4 is 16.4 Å². The molecule has 0 amide bonds. The molecule has 13 nitrogen and oxygen atoms in total. The van der Waals surface area contributed by atoms with Gasteiger partial charge in [-0.25, -0.2) is 8.42 Å². The van der Waals surface area contributed by atoms with Crippen molar-refractivity contribution in [3.8, 4) is 0 Å². The van der Waals surface area contributed by atoms with Crippen LogP contribution in [0, 0.1) is 40.4 Å². The molecule has 4 aliphatic carbocycles. The minimum atomic E-state index is -5.12. The number of carboxylic acids is 1. The second-order valence-electron chi connectivity index (χ2n) is 16.1. The van der Waals surface area contributed by atoms with E-state index in [1.165, 1.54) is 0 Å². The molecule has 0 bridgehead atoms. The number of aliphatic carboxylic acids is 1. The van der Waals surface area contributed by atoms with Gasteiger partial charge in [-0.1, -0.05) is 52.2 Å². The van der Waals surface area contributed by atoms with Gasteiger partial charge in [0, 0.05) is 5.92 Å². The fraction of sp³-hybridized carbons (Fsp3) is 0.909. The smallest absolute Gasteiger partial charge is 0.726 e. The first-order valence-corrected chi connectivity index (χ1v) is 18.3. The van der Waals surface area contributed by atoms with Gasteiger partial charge < -0.3 is 49.5 Å². The predicted octanol–water partition coefficient (Wildman–Crippen LogP) is -2.48. The molecule has 0 radical (unpaired) electrons. The minimum absolute atomic E-state index is 0. The van der Waals surface area contributed by atoms with Crippen LogP contribution in [0.3, 0.4) is 0 Å². The van der Waals surface area contributed by atoms with E-state index >= 15 is 0 Å². The number of hydrogen-bond acceptors (Lipinski definition) is 13. The molecule has 0 spiro atoms. The van der Waals surface area contributed by atoms with Gasteiger partial charge in [-0.3, -0.25) is 4.18 Å². The third kappa shape index (κ3) is 7.62. The van der Waals surface area contributed by atoms with Crippen LogP contribution in [0.5, 0.6) is 0 Å². The summed E-state index contributed by atoms with van der Waals surface area (Å²) in [4.78, 5) is 11.5. The van der Waals surface area contributed by atoms with E-state index in [1.807, 2.05) is 13.8 Å². The maximum atomic E-state index is 12.1. The first kappa shape index (κ1) is 40.6. The van der Waals surface area contributed by atoms with Gasteiger partial charge in [0.25, 0.3) is 0 Å². The Balaban J connectivity index is 0.00000520. The summed E-state index contributed by atoms with van der Waals surface area (Å²) in [5.74, 6) is -2.50. The van der Waals surface area contributed by atoms with E-state index in [9.17, 15) is 48.4 Å². The molecule has 48 heavy (non-hydrogen) atoms. The summed E-state index contributed by atoms with van der Waals surface area (Å²) >= 11 is 0. The summed E-state index contributed by atoms with van der Waals surface area (Å²) in [6.45, 7) is 10.2. The van der Waals surface area contributed by atoms with Gasteiger partial charge in [-0.15, -0.1) is 0 Å². The van der Waals surface area contributed by atoms with Crippen LogP contribution >= 0.6 is 0 Å². The molecular formula is C33H52NaO13S-. The van der Waals surface area contributed by atoms with Crippen molar-refractivity contribution in [2.45, 2.75) is 147 Å². The first-order chi connectivity index (χ1) is 21.7. The van der Waals surface area contributed by atoms with Crippen molar-refractivity contribution in [3.05, 3.63) is 11.6 Å². The van der Waals surface area contributed by atoms with Gasteiger partial charge in [0.15, 0.2) is 6.29 Å². The fourth-order valence-electron chi connectivity index (χ4n) is 10.4. The van der Waals surface area contributed by atoms with E-state index < -0.39 is 93.7 Å². The number of aliphatic hydroxyl groups excluding tert-OH is 4. The first-order valence-electron chi connectivity index (χ1n) is 17.0. The van der Waals surface area contributed by atoms with Crippen molar-refractivity contribution in [3.63, 3.8) is 0 Å². The number of fused-ring (bicyclic) bond motifs is 5. The molecule has 0 aromatic rings. The maximum Gasteiger partial charge on any atom is 1.00 e. The van der Waals surface area contributed by atoms with E-state index in [4.69, 9.17) is 13.7 Å². The van der Waals surface area contributed by atoms with Crippen LogP contribution in [0.15, 0.2) is 11.6 Å². The third-order valence-electron chi connectivity index (χ3n) is 12.5. The van der Waals surface area contributed by atoms with Gasteiger partial charge in [-0.2, -0.15) is 0 Å². The zero-order chi connectivity index (χ0) is 34.9. The Morgan fingerprint density at radius 3 is 2.38 bits per heavy atom. The average Bonchev–Trinajstić information content (AvgIpc) is 3.23. The monoisotopic (exact) mass is 711 g/mol. The molecule has 5 aliphatic rings. The Morgan fingerprint density at radius 1 is 1.10 bits per heavy atom. The quantitative estimate of drug-likeness (QED) is 0.0521. The van der Waals surface area contributed by atoms with Crippen molar-refractivity contribution in [2.24, 2.45) is 40.4 Å². The van der Waals surface area contributed by atoms with Crippen molar-refractivity contribution in [1.82, 2.24) is 0 Å². The van der Waals surface area contributed by atoms with E-state index in [-0.39, 0.29) is 54.2 Å². The zero-order valence-electron chi connectivity index (χ0n) is 28.9. The molecule has 0 aromatic heterocycles. The second kappa shape index (κ2) is 14.7. The molecular weight excluding hydrogens is 659 g/mol. The van der Waals surface area contributed by atoms with Crippen LogP contribution in [0.25, 0.3) is 0 Å². The number of carbonyl (C=O) groups is 1. The van der Waals surface area contributed by atoms with Crippen LogP contribution < -0.4 is 34.7 Å². The van der Waals surface area contributed by atoms with E-state index in [0.29, 0.717) is 38.0 Å². The largest absolute Gasteiger partial charge is 1.00 e. The Labute approximate surface area is 305 Å². The molecule has 15 atom stereocenters. The van der Waals surface area contributed by atoms with Gasteiger partial charge in [0.1, 0.15) is 24.4 Å². The van der Waals surface area contributed by atoms with E-state index in [0.717, 1.165) is 18.4 Å². The normalized spacial score (nSPS) is 45.6. The SMILES string of the molecule is CC(C)CCCC(C)(O)[C@H]1[C@@H](O)CC2C3CC(OS(=O)(=O)[O-])C4C[C@@H](OC5OC(C(=O)[O-])C(O)C(O)C5O)CC[C@]4(C)C3=CC[C@@]21C.[Na+]. The molecule has 15 heteroatoms. The summed E-state index contributed by atoms with van der Waals surface area (Å²) in [5.41, 5.74) is -1.09. The number of allylic oxidation sites excluding steroid dienone is 2. The molecule has 5 N–H and O–H groups in total. The number of hydrogen-bond donors (Lipinski definition) is 5. The van der Waals surface area contributed by atoms with E-state index in [1.54, 1.807) is 0 Å². The summed E-state index contributed by atoms with van der Waals surface area (Å²) in [6, 6.07) is 0.